The van der Waals surface area contributed by atoms with Crippen molar-refractivity contribution < 1.29 is 9.53 Å². The summed E-state index contributed by atoms with van der Waals surface area (Å²) in [5.74, 6) is 0.0397. The molecule has 0 saturated heterocycles. The largest absolute Gasteiger partial charge is 0.481 e. The Hall–Kier alpha value is -1.44. The van der Waals surface area contributed by atoms with Crippen LogP contribution in [-0.4, -0.2) is 20.7 Å². The summed E-state index contributed by atoms with van der Waals surface area (Å²) >= 11 is 2.07. The third kappa shape index (κ3) is 2.46. The molecule has 6 heteroatoms. The number of primary amides is 1. The maximum Gasteiger partial charge on any atom is 0.248 e. The number of benzene rings is 1. The molecule has 0 saturated carbocycles. The average Bonchev–Trinajstić information content (AvgIpc) is 2.28. The van der Waals surface area contributed by atoms with Gasteiger partial charge in [0.25, 0.3) is 0 Å². The van der Waals surface area contributed by atoms with Crippen molar-refractivity contribution in [2.45, 2.75) is 6.92 Å². The minimum atomic E-state index is -0.486. The third-order valence-corrected chi connectivity index (χ3v) is 2.58. The molecule has 2 rings (SSSR count). The number of hydrogen-bond acceptors (Lipinski definition) is 4. The second-order valence-corrected chi connectivity index (χ2v) is 4.14. The molecule has 1 aromatic heterocycles. The highest BCUT2D eigenvalue weighted by Gasteiger charge is 2.10. The van der Waals surface area contributed by atoms with Gasteiger partial charge in [0.2, 0.25) is 5.91 Å². The van der Waals surface area contributed by atoms with Crippen LogP contribution in [0.3, 0.4) is 0 Å². The van der Waals surface area contributed by atoms with E-state index in [0.29, 0.717) is 21.4 Å². The predicted molar refractivity (Wildman–Crippen MR) is 72.3 cm³/mol. The molecule has 0 aliphatic heterocycles. The topological polar surface area (TPSA) is 78.1 Å². The second kappa shape index (κ2) is 4.82. The summed E-state index contributed by atoms with van der Waals surface area (Å²) in [6, 6.07) is 5.13. The van der Waals surface area contributed by atoms with Gasteiger partial charge in [-0.2, -0.15) is 5.10 Å². The van der Waals surface area contributed by atoms with Gasteiger partial charge < -0.3 is 10.5 Å². The Balaban J connectivity index is 2.71. The maximum atomic E-state index is 11.2. The fraction of sp³-hybridized carbons (Fsp3) is 0.182. The SMILES string of the molecule is Cc1cc2cc(C(N)=O)cc(OCI)c2nn1. The Morgan fingerprint density at radius 1 is 1.41 bits per heavy atom. The van der Waals surface area contributed by atoms with Crippen LogP contribution in [0.15, 0.2) is 18.2 Å². The first-order chi connectivity index (χ1) is 8.11. The molecule has 88 valence electrons. The number of alkyl halides is 1. The number of nitrogens with two attached hydrogens (primary N) is 1. The molecule has 0 aliphatic carbocycles. The van der Waals surface area contributed by atoms with Crippen LogP contribution in [0, 0.1) is 6.92 Å². The van der Waals surface area contributed by atoms with E-state index >= 15 is 0 Å². The zero-order chi connectivity index (χ0) is 12.4. The lowest BCUT2D eigenvalue weighted by atomic mass is 10.1. The van der Waals surface area contributed by atoms with Gasteiger partial charge in [-0.3, -0.25) is 4.79 Å². The Labute approximate surface area is 111 Å². The van der Waals surface area contributed by atoms with Crippen molar-refractivity contribution in [2.24, 2.45) is 5.73 Å². The monoisotopic (exact) mass is 343 g/mol. The Bertz CT molecular complexity index is 586. The lowest BCUT2D eigenvalue weighted by molar-refractivity contribution is 0.1000. The predicted octanol–water partition coefficient (Wildman–Crippen LogP) is 1.81. The van der Waals surface area contributed by atoms with Gasteiger partial charge in [0.15, 0.2) is 0 Å². The molecule has 2 aromatic rings. The van der Waals surface area contributed by atoms with E-state index in [4.69, 9.17) is 10.5 Å². The van der Waals surface area contributed by atoms with Crippen molar-refractivity contribution in [1.82, 2.24) is 10.2 Å². The highest BCUT2D eigenvalue weighted by Crippen LogP contribution is 2.26. The molecular formula is C11H10IN3O2. The van der Waals surface area contributed by atoms with E-state index in [0.717, 1.165) is 11.1 Å². The van der Waals surface area contributed by atoms with Crippen LogP contribution >= 0.6 is 22.6 Å². The molecule has 5 nitrogen and oxygen atoms in total. The number of amides is 1. The molecular weight excluding hydrogens is 333 g/mol. The van der Waals surface area contributed by atoms with Crippen LogP contribution in [-0.2, 0) is 0 Å². The van der Waals surface area contributed by atoms with E-state index in [2.05, 4.69) is 32.8 Å². The van der Waals surface area contributed by atoms with Crippen LogP contribution in [0.2, 0.25) is 0 Å². The number of carbonyl (C=O) groups is 1. The molecule has 1 aromatic carbocycles. The summed E-state index contributed by atoms with van der Waals surface area (Å²) in [5.41, 5.74) is 7.10. The maximum absolute atomic E-state index is 11.2. The van der Waals surface area contributed by atoms with Crippen LogP contribution < -0.4 is 10.5 Å². The van der Waals surface area contributed by atoms with Gasteiger partial charge in [-0.25, -0.2) is 0 Å². The van der Waals surface area contributed by atoms with Crippen LogP contribution in [0.4, 0.5) is 0 Å². The van der Waals surface area contributed by atoms with Crippen molar-refractivity contribution in [3.05, 3.63) is 29.5 Å². The van der Waals surface area contributed by atoms with E-state index in [1.54, 1.807) is 12.1 Å². The Kier molecular flexibility index (Phi) is 3.41. The van der Waals surface area contributed by atoms with E-state index in [9.17, 15) is 4.79 Å². The first-order valence-corrected chi connectivity index (χ1v) is 6.41. The average molecular weight is 343 g/mol. The molecule has 0 spiro atoms. The molecule has 0 atom stereocenters. The summed E-state index contributed by atoms with van der Waals surface area (Å²) in [6.45, 7) is 1.84. The van der Waals surface area contributed by atoms with E-state index in [1.165, 1.54) is 0 Å². The second-order valence-electron chi connectivity index (χ2n) is 3.52. The molecule has 0 aliphatic rings. The fourth-order valence-electron chi connectivity index (χ4n) is 1.54. The van der Waals surface area contributed by atoms with Gasteiger partial charge in [0, 0.05) is 10.9 Å². The quantitative estimate of drug-likeness (QED) is 0.681. The number of carbonyl (C=O) groups excluding carboxylic acids is 1. The zero-order valence-corrected chi connectivity index (χ0v) is 11.3. The van der Waals surface area contributed by atoms with E-state index < -0.39 is 5.91 Å². The van der Waals surface area contributed by atoms with Crippen molar-refractivity contribution in [1.29, 1.82) is 0 Å². The highest BCUT2D eigenvalue weighted by atomic mass is 127. The van der Waals surface area contributed by atoms with Gasteiger partial charge >= 0.3 is 0 Å². The summed E-state index contributed by atoms with van der Waals surface area (Å²) in [7, 11) is 0. The van der Waals surface area contributed by atoms with Crippen molar-refractivity contribution in [3.63, 3.8) is 0 Å². The number of nitrogens with zero attached hydrogens (tertiary/aromatic N) is 2. The van der Waals surface area contributed by atoms with Gasteiger partial charge in [0.1, 0.15) is 15.9 Å². The Morgan fingerprint density at radius 3 is 2.82 bits per heavy atom. The molecule has 0 bridgehead atoms. The van der Waals surface area contributed by atoms with Gasteiger partial charge in [-0.15, -0.1) is 5.10 Å². The number of aryl methyl sites for hydroxylation is 1. The standard InChI is InChI=1S/C11H10IN3O2/c1-6-2-7-3-8(11(13)16)4-9(17-5-12)10(7)15-14-6/h2-4H,5H2,1H3,(H2,13,16). The number of hydrogen-bond donors (Lipinski definition) is 1. The summed E-state index contributed by atoms with van der Waals surface area (Å²) < 4.78 is 5.89. The van der Waals surface area contributed by atoms with E-state index in [1.807, 2.05) is 13.0 Å². The van der Waals surface area contributed by atoms with Crippen LogP contribution in [0.25, 0.3) is 10.9 Å². The minimum absolute atomic E-state index is 0.407. The van der Waals surface area contributed by atoms with Crippen LogP contribution in [0.5, 0.6) is 5.75 Å². The lowest BCUT2D eigenvalue weighted by Crippen LogP contribution is -2.11. The molecule has 17 heavy (non-hydrogen) atoms. The molecule has 1 heterocycles. The highest BCUT2D eigenvalue weighted by molar-refractivity contribution is 14.1. The first-order valence-electron chi connectivity index (χ1n) is 4.88. The number of rotatable bonds is 3. The normalized spacial score (nSPS) is 10.5. The first kappa shape index (κ1) is 12.0. The molecule has 0 unspecified atom stereocenters. The van der Waals surface area contributed by atoms with Crippen LogP contribution in [0.1, 0.15) is 16.1 Å². The van der Waals surface area contributed by atoms with Crippen molar-refractivity contribution in [3.8, 4) is 5.75 Å². The fourth-order valence-corrected chi connectivity index (χ4v) is 1.88. The number of halogens is 1. The number of aromatic nitrogens is 2. The number of ether oxygens (including phenoxy) is 1. The number of fused-ring (bicyclic) bond motifs is 1. The zero-order valence-electron chi connectivity index (χ0n) is 9.11. The van der Waals surface area contributed by atoms with E-state index in [-0.39, 0.29) is 0 Å². The molecule has 1 amide bonds. The summed E-state index contributed by atoms with van der Waals surface area (Å²) in [4.78, 5) is 11.2. The minimum Gasteiger partial charge on any atom is -0.481 e. The van der Waals surface area contributed by atoms with Gasteiger partial charge in [0.05, 0.1) is 5.69 Å². The third-order valence-electron chi connectivity index (χ3n) is 2.27. The molecule has 0 radical (unpaired) electrons. The lowest BCUT2D eigenvalue weighted by Gasteiger charge is -2.07. The van der Waals surface area contributed by atoms with Crippen molar-refractivity contribution in [2.75, 3.05) is 4.61 Å². The smallest absolute Gasteiger partial charge is 0.248 e. The molecule has 0 fully saturated rings. The summed E-state index contributed by atoms with van der Waals surface area (Å²) in [6.07, 6.45) is 0. The summed E-state index contributed by atoms with van der Waals surface area (Å²) in [5, 5.41) is 8.85. The Morgan fingerprint density at radius 2 is 2.18 bits per heavy atom. The van der Waals surface area contributed by atoms with Crippen molar-refractivity contribution >= 4 is 39.4 Å². The van der Waals surface area contributed by atoms with Gasteiger partial charge in [-0.1, -0.05) is 0 Å². The van der Waals surface area contributed by atoms with Gasteiger partial charge in [-0.05, 0) is 47.7 Å². The molecule has 2 N–H and O–H groups in total.